The van der Waals surface area contributed by atoms with Crippen molar-refractivity contribution in [3.63, 3.8) is 0 Å². The summed E-state index contributed by atoms with van der Waals surface area (Å²) in [6.07, 6.45) is 0.677. The molecule has 3 N–H and O–H groups in total. The van der Waals surface area contributed by atoms with Crippen LogP contribution in [0.2, 0.25) is 0 Å². The average molecular weight is 220 g/mol. The van der Waals surface area contributed by atoms with E-state index in [1.807, 2.05) is 6.92 Å². The SMILES string of the molecule is CC[C@@H](N)c1cc(C)cc(F)c1O.Cl. The monoisotopic (exact) mass is 219 g/mol. The van der Waals surface area contributed by atoms with Crippen LogP contribution in [-0.4, -0.2) is 5.11 Å². The third-order valence-electron chi connectivity index (χ3n) is 2.08. The van der Waals surface area contributed by atoms with E-state index in [0.717, 1.165) is 5.56 Å². The summed E-state index contributed by atoms with van der Waals surface area (Å²) in [5.74, 6) is -0.918. The minimum absolute atomic E-state index is 0. The Bertz CT molecular complexity index is 317. The summed E-state index contributed by atoms with van der Waals surface area (Å²) in [5.41, 5.74) is 6.96. The molecule has 0 unspecified atom stereocenters. The smallest absolute Gasteiger partial charge is 0.165 e. The summed E-state index contributed by atoms with van der Waals surface area (Å²) >= 11 is 0. The quantitative estimate of drug-likeness (QED) is 0.804. The molecule has 0 aliphatic rings. The number of aromatic hydroxyl groups is 1. The van der Waals surface area contributed by atoms with Gasteiger partial charge in [0, 0.05) is 11.6 Å². The van der Waals surface area contributed by atoms with Gasteiger partial charge >= 0.3 is 0 Å². The van der Waals surface area contributed by atoms with Gasteiger partial charge in [-0.2, -0.15) is 0 Å². The molecule has 0 aromatic heterocycles. The number of nitrogens with two attached hydrogens (primary N) is 1. The first-order valence-corrected chi connectivity index (χ1v) is 4.30. The summed E-state index contributed by atoms with van der Waals surface area (Å²) in [4.78, 5) is 0. The van der Waals surface area contributed by atoms with E-state index < -0.39 is 5.82 Å². The summed E-state index contributed by atoms with van der Waals surface area (Å²) in [5, 5.41) is 9.37. The molecule has 0 bridgehead atoms. The lowest BCUT2D eigenvalue weighted by Gasteiger charge is -2.12. The van der Waals surface area contributed by atoms with E-state index >= 15 is 0 Å². The van der Waals surface area contributed by atoms with Gasteiger partial charge < -0.3 is 10.8 Å². The molecule has 0 saturated carbocycles. The largest absolute Gasteiger partial charge is 0.505 e. The normalized spacial score (nSPS) is 12.0. The van der Waals surface area contributed by atoms with Crippen LogP contribution >= 0.6 is 12.4 Å². The van der Waals surface area contributed by atoms with Crippen molar-refractivity contribution in [1.29, 1.82) is 0 Å². The van der Waals surface area contributed by atoms with Gasteiger partial charge in [0.05, 0.1) is 0 Å². The summed E-state index contributed by atoms with van der Waals surface area (Å²) in [6, 6.07) is 2.71. The van der Waals surface area contributed by atoms with Gasteiger partial charge in [-0.05, 0) is 25.0 Å². The standard InChI is InChI=1S/C10H14FNO.ClH/c1-3-9(12)7-4-6(2)5-8(11)10(7)13;/h4-5,9,13H,3,12H2,1-2H3;1H/t9-;/m1./s1. The Kier molecular flexibility index (Phi) is 4.88. The lowest BCUT2D eigenvalue weighted by molar-refractivity contribution is 0.419. The zero-order chi connectivity index (χ0) is 10.0. The second-order valence-electron chi connectivity index (χ2n) is 3.20. The molecule has 0 heterocycles. The number of halogens is 2. The summed E-state index contributed by atoms with van der Waals surface area (Å²) < 4.78 is 13.0. The number of benzene rings is 1. The van der Waals surface area contributed by atoms with E-state index in [-0.39, 0.29) is 24.2 Å². The van der Waals surface area contributed by atoms with E-state index in [1.165, 1.54) is 6.07 Å². The first kappa shape index (κ1) is 13.2. The molecule has 1 rings (SSSR count). The van der Waals surface area contributed by atoms with Crippen molar-refractivity contribution < 1.29 is 9.50 Å². The average Bonchev–Trinajstić information content (AvgIpc) is 2.10. The Balaban J connectivity index is 0.00000169. The van der Waals surface area contributed by atoms with Crippen LogP contribution in [0.3, 0.4) is 0 Å². The molecule has 0 aliphatic heterocycles. The molecule has 14 heavy (non-hydrogen) atoms. The van der Waals surface area contributed by atoms with E-state index in [4.69, 9.17) is 5.73 Å². The fourth-order valence-electron chi connectivity index (χ4n) is 1.26. The zero-order valence-corrected chi connectivity index (χ0v) is 9.07. The first-order valence-electron chi connectivity index (χ1n) is 4.30. The topological polar surface area (TPSA) is 46.2 Å². The van der Waals surface area contributed by atoms with Crippen LogP contribution in [0.5, 0.6) is 5.75 Å². The van der Waals surface area contributed by atoms with Crippen LogP contribution in [-0.2, 0) is 0 Å². The molecule has 1 aromatic carbocycles. The second kappa shape index (κ2) is 5.17. The maximum absolute atomic E-state index is 13.0. The van der Waals surface area contributed by atoms with Crippen LogP contribution in [0.25, 0.3) is 0 Å². The van der Waals surface area contributed by atoms with Crippen LogP contribution in [0.15, 0.2) is 12.1 Å². The highest BCUT2D eigenvalue weighted by Gasteiger charge is 2.13. The molecule has 1 atom stereocenters. The van der Waals surface area contributed by atoms with Gasteiger partial charge in [0.25, 0.3) is 0 Å². The molecular formula is C10H15ClFNO. The third kappa shape index (κ3) is 2.59. The van der Waals surface area contributed by atoms with Crippen LogP contribution < -0.4 is 5.73 Å². The highest BCUT2D eigenvalue weighted by atomic mass is 35.5. The van der Waals surface area contributed by atoms with Crippen molar-refractivity contribution >= 4 is 12.4 Å². The molecule has 0 saturated heterocycles. The molecule has 0 fully saturated rings. The highest BCUT2D eigenvalue weighted by molar-refractivity contribution is 5.85. The van der Waals surface area contributed by atoms with Gasteiger partial charge in [-0.3, -0.25) is 0 Å². The van der Waals surface area contributed by atoms with E-state index in [2.05, 4.69) is 0 Å². The van der Waals surface area contributed by atoms with Crippen molar-refractivity contribution in [2.24, 2.45) is 5.73 Å². The minimum Gasteiger partial charge on any atom is -0.505 e. The van der Waals surface area contributed by atoms with E-state index in [1.54, 1.807) is 13.0 Å². The third-order valence-corrected chi connectivity index (χ3v) is 2.08. The maximum Gasteiger partial charge on any atom is 0.165 e. The molecule has 4 heteroatoms. The Labute approximate surface area is 89.3 Å². The van der Waals surface area contributed by atoms with Crippen molar-refractivity contribution in [2.75, 3.05) is 0 Å². The number of hydrogen-bond acceptors (Lipinski definition) is 2. The van der Waals surface area contributed by atoms with Crippen molar-refractivity contribution in [3.05, 3.63) is 29.1 Å². The van der Waals surface area contributed by atoms with Gasteiger partial charge in [0.1, 0.15) is 0 Å². The lowest BCUT2D eigenvalue weighted by Crippen LogP contribution is -2.09. The summed E-state index contributed by atoms with van der Waals surface area (Å²) in [6.45, 7) is 3.67. The van der Waals surface area contributed by atoms with Crippen molar-refractivity contribution in [3.8, 4) is 5.75 Å². The van der Waals surface area contributed by atoms with Crippen molar-refractivity contribution in [2.45, 2.75) is 26.3 Å². The first-order chi connectivity index (χ1) is 6.06. The number of phenols is 1. The highest BCUT2D eigenvalue weighted by Crippen LogP contribution is 2.28. The number of rotatable bonds is 2. The molecule has 0 aliphatic carbocycles. The number of phenolic OH excluding ortho intramolecular Hbond substituents is 1. The van der Waals surface area contributed by atoms with E-state index in [0.29, 0.717) is 12.0 Å². The van der Waals surface area contributed by atoms with Gasteiger partial charge in [0.2, 0.25) is 0 Å². The molecular weight excluding hydrogens is 205 g/mol. The van der Waals surface area contributed by atoms with Gasteiger partial charge in [0.15, 0.2) is 11.6 Å². The molecule has 0 radical (unpaired) electrons. The zero-order valence-electron chi connectivity index (χ0n) is 8.25. The van der Waals surface area contributed by atoms with Gasteiger partial charge in [-0.1, -0.05) is 13.0 Å². The molecule has 0 amide bonds. The fraction of sp³-hybridized carbons (Fsp3) is 0.400. The summed E-state index contributed by atoms with van der Waals surface area (Å²) in [7, 11) is 0. The van der Waals surface area contributed by atoms with Gasteiger partial charge in [-0.25, -0.2) is 4.39 Å². The molecule has 2 nitrogen and oxygen atoms in total. The number of hydrogen-bond donors (Lipinski definition) is 2. The Morgan fingerprint density at radius 2 is 2.07 bits per heavy atom. The maximum atomic E-state index is 13.0. The molecule has 0 spiro atoms. The Morgan fingerprint density at radius 3 is 2.57 bits per heavy atom. The minimum atomic E-state index is -0.598. The van der Waals surface area contributed by atoms with Crippen molar-refractivity contribution in [1.82, 2.24) is 0 Å². The number of aryl methyl sites for hydroxylation is 1. The molecule has 1 aromatic rings. The van der Waals surface area contributed by atoms with Gasteiger partial charge in [-0.15, -0.1) is 12.4 Å². The lowest BCUT2D eigenvalue weighted by atomic mass is 10.0. The fourth-order valence-corrected chi connectivity index (χ4v) is 1.26. The van der Waals surface area contributed by atoms with Crippen LogP contribution in [0.1, 0.15) is 30.5 Å². The van der Waals surface area contributed by atoms with Crippen LogP contribution in [0.4, 0.5) is 4.39 Å². The van der Waals surface area contributed by atoms with Crippen LogP contribution in [0, 0.1) is 12.7 Å². The van der Waals surface area contributed by atoms with E-state index in [9.17, 15) is 9.50 Å². The predicted octanol–water partition coefficient (Wildman–Crippen LogP) is 2.67. The Morgan fingerprint density at radius 1 is 1.50 bits per heavy atom. The molecule has 80 valence electrons. The predicted molar refractivity (Wildman–Crippen MR) is 57.3 cm³/mol. The Hall–Kier alpha value is -0.800. The second-order valence-corrected chi connectivity index (χ2v) is 3.20.